The van der Waals surface area contributed by atoms with Crippen molar-refractivity contribution in [1.29, 1.82) is 5.26 Å². The molecule has 3 rings (SSSR count). The molecule has 132 valence electrons. The third-order valence-electron chi connectivity index (χ3n) is 3.68. The molecule has 0 heterocycles. The van der Waals surface area contributed by atoms with Crippen LogP contribution in [0.1, 0.15) is 5.56 Å². The smallest absolute Gasteiger partial charge is 0.266 e. The van der Waals surface area contributed by atoms with E-state index in [-0.39, 0.29) is 11.3 Å². The van der Waals surface area contributed by atoms with Gasteiger partial charge in [0.15, 0.2) is 0 Å². The van der Waals surface area contributed by atoms with Crippen LogP contribution in [-0.4, -0.2) is 11.0 Å². The first-order chi connectivity index (χ1) is 13.2. The van der Waals surface area contributed by atoms with E-state index in [1.54, 1.807) is 30.0 Å². The molecule has 2 N–H and O–H groups in total. The number of anilines is 1. The topological polar surface area (TPSA) is 73.1 Å². The fraction of sp³-hybridized carbons (Fsp3) is 0. The summed E-state index contributed by atoms with van der Waals surface area (Å²) in [6, 6.07) is 25.6. The maximum atomic E-state index is 12.4. The number of amides is 1. The molecule has 4 nitrogen and oxygen atoms in total. The maximum absolute atomic E-state index is 12.4. The minimum Gasteiger partial charge on any atom is -0.508 e. The average molecular weight is 372 g/mol. The van der Waals surface area contributed by atoms with Crippen molar-refractivity contribution in [2.75, 3.05) is 5.32 Å². The van der Waals surface area contributed by atoms with Crippen molar-refractivity contribution in [3.8, 4) is 11.8 Å². The van der Waals surface area contributed by atoms with Gasteiger partial charge in [0.25, 0.3) is 5.91 Å². The van der Waals surface area contributed by atoms with Gasteiger partial charge in [-0.25, -0.2) is 0 Å². The largest absolute Gasteiger partial charge is 0.508 e. The van der Waals surface area contributed by atoms with E-state index < -0.39 is 5.91 Å². The number of rotatable bonds is 5. The zero-order chi connectivity index (χ0) is 19.1. The third kappa shape index (κ3) is 5.00. The highest BCUT2D eigenvalue weighted by molar-refractivity contribution is 7.99. The molecule has 0 saturated heterocycles. The van der Waals surface area contributed by atoms with Gasteiger partial charge in [-0.3, -0.25) is 4.79 Å². The minimum atomic E-state index is -0.497. The van der Waals surface area contributed by atoms with E-state index in [9.17, 15) is 15.2 Å². The van der Waals surface area contributed by atoms with Crippen LogP contribution in [0, 0.1) is 11.3 Å². The predicted octanol–water partition coefficient (Wildman–Crippen LogP) is 5.09. The van der Waals surface area contributed by atoms with Gasteiger partial charge in [0.1, 0.15) is 17.4 Å². The molecule has 3 aromatic carbocycles. The predicted molar refractivity (Wildman–Crippen MR) is 107 cm³/mol. The maximum Gasteiger partial charge on any atom is 0.266 e. The Morgan fingerprint density at radius 3 is 2.33 bits per heavy atom. The molecule has 1 amide bonds. The first-order valence-electron chi connectivity index (χ1n) is 8.20. The number of nitrogens with one attached hydrogen (secondary N) is 1. The summed E-state index contributed by atoms with van der Waals surface area (Å²) in [7, 11) is 0. The van der Waals surface area contributed by atoms with E-state index in [1.165, 1.54) is 12.1 Å². The van der Waals surface area contributed by atoms with Crippen molar-refractivity contribution in [3.05, 3.63) is 90.0 Å². The zero-order valence-electron chi connectivity index (χ0n) is 14.3. The fourth-order valence-corrected chi connectivity index (χ4v) is 3.29. The molecule has 0 saturated carbocycles. The highest BCUT2D eigenvalue weighted by atomic mass is 32.2. The molecule has 0 radical (unpaired) electrons. The summed E-state index contributed by atoms with van der Waals surface area (Å²) in [5.41, 5.74) is 1.30. The molecule has 3 aromatic rings. The molecule has 0 fully saturated rings. The van der Waals surface area contributed by atoms with Crippen molar-refractivity contribution >= 4 is 29.4 Å². The standard InChI is InChI=1S/C22H16N2O2S/c23-15-17(22(26)24-18-10-12-19(25)13-11-18)14-16-6-4-5-9-21(16)27-20-7-2-1-3-8-20/h1-14,25H,(H,24,26)/b17-14+. The van der Waals surface area contributed by atoms with E-state index in [0.29, 0.717) is 5.69 Å². The molecule has 5 heteroatoms. The molecule has 0 aliphatic rings. The van der Waals surface area contributed by atoms with Gasteiger partial charge in [-0.2, -0.15) is 5.26 Å². The third-order valence-corrected chi connectivity index (χ3v) is 4.78. The molecule has 0 unspecified atom stereocenters. The molecular weight excluding hydrogens is 356 g/mol. The summed E-state index contributed by atoms with van der Waals surface area (Å²) < 4.78 is 0. The summed E-state index contributed by atoms with van der Waals surface area (Å²) in [5.74, 6) is -0.390. The summed E-state index contributed by atoms with van der Waals surface area (Å²) in [4.78, 5) is 14.5. The molecule has 0 bridgehead atoms. The fourth-order valence-electron chi connectivity index (χ4n) is 2.36. The van der Waals surface area contributed by atoms with Gasteiger partial charge in [0, 0.05) is 15.5 Å². The second-order valence-corrected chi connectivity index (χ2v) is 6.74. The monoisotopic (exact) mass is 372 g/mol. The van der Waals surface area contributed by atoms with E-state index in [1.807, 2.05) is 60.7 Å². The van der Waals surface area contributed by atoms with Crippen molar-refractivity contribution in [2.24, 2.45) is 0 Å². The molecule has 0 atom stereocenters. The molecule has 0 aromatic heterocycles. The molecular formula is C22H16N2O2S. The van der Waals surface area contributed by atoms with E-state index in [2.05, 4.69) is 5.32 Å². The van der Waals surface area contributed by atoms with E-state index >= 15 is 0 Å². The second kappa shape index (κ2) is 8.75. The average Bonchev–Trinajstić information content (AvgIpc) is 2.69. The van der Waals surface area contributed by atoms with Crippen LogP contribution < -0.4 is 5.32 Å². The molecule has 27 heavy (non-hydrogen) atoms. The van der Waals surface area contributed by atoms with Crippen LogP contribution in [0.5, 0.6) is 5.75 Å². The normalized spacial score (nSPS) is 10.9. The Morgan fingerprint density at radius 1 is 0.963 bits per heavy atom. The number of hydrogen-bond acceptors (Lipinski definition) is 4. The van der Waals surface area contributed by atoms with Gasteiger partial charge in [0.05, 0.1) is 0 Å². The Bertz CT molecular complexity index is 1010. The number of phenolic OH excluding ortho intramolecular Hbond substituents is 1. The van der Waals surface area contributed by atoms with E-state index in [4.69, 9.17) is 0 Å². The van der Waals surface area contributed by atoms with Crippen LogP contribution in [0.4, 0.5) is 5.69 Å². The SMILES string of the molecule is N#C/C(=C\c1ccccc1Sc1ccccc1)C(=O)Nc1ccc(O)cc1. The van der Waals surface area contributed by atoms with Gasteiger partial charge in [-0.1, -0.05) is 48.2 Å². The molecule has 0 aliphatic heterocycles. The van der Waals surface area contributed by atoms with Gasteiger partial charge in [0.2, 0.25) is 0 Å². The number of carbonyl (C=O) groups is 1. The Morgan fingerprint density at radius 2 is 1.63 bits per heavy atom. The van der Waals surface area contributed by atoms with Crippen LogP contribution in [0.3, 0.4) is 0 Å². The lowest BCUT2D eigenvalue weighted by molar-refractivity contribution is -0.112. The van der Waals surface area contributed by atoms with Crippen molar-refractivity contribution in [3.63, 3.8) is 0 Å². The van der Waals surface area contributed by atoms with Crippen LogP contribution in [0.15, 0.2) is 94.2 Å². The van der Waals surface area contributed by atoms with Crippen molar-refractivity contribution in [1.82, 2.24) is 0 Å². The Kier molecular flexibility index (Phi) is 5.93. The van der Waals surface area contributed by atoms with Crippen LogP contribution in [0.2, 0.25) is 0 Å². The number of nitrogens with zero attached hydrogens (tertiary/aromatic N) is 1. The lowest BCUT2D eigenvalue weighted by Gasteiger charge is -2.07. The molecule has 0 spiro atoms. The quantitative estimate of drug-likeness (QED) is 0.372. The van der Waals surface area contributed by atoms with Crippen LogP contribution in [0.25, 0.3) is 6.08 Å². The Labute approximate surface area is 161 Å². The van der Waals surface area contributed by atoms with Gasteiger partial charge < -0.3 is 10.4 Å². The van der Waals surface area contributed by atoms with E-state index in [0.717, 1.165) is 15.4 Å². The lowest BCUT2D eigenvalue weighted by atomic mass is 10.1. The van der Waals surface area contributed by atoms with Crippen LogP contribution in [-0.2, 0) is 4.79 Å². The van der Waals surface area contributed by atoms with Gasteiger partial charge in [-0.05, 0) is 54.1 Å². The highest BCUT2D eigenvalue weighted by Gasteiger charge is 2.11. The number of aromatic hydroxyl groups is 1. The Balaban J connectivity index is 1.84. The highest BCUT2D eigenvalue weighted by Crippen LogP contribution is 2.31. The van der Waals surface area contributed by atoms with Gasteiger partial charge in [-0.15, -0.1) is 0 Å². The summed E-state index contributed by atoms with van der Waals surface area (Å²) >= 11 is 1.57. The van der Waals surface area contributed by atoms with Crippen molar-refractivity contribution in [2.45, 2.75) is 9.79 Å². The summed E-state index contributed by atoms with van der Waals surface area (Å²) in [5, 5.41) is 21.4. The lowest BCUT2D eigenvalue weighted by Crippen LogP contribution is -2.13. The number of phenols is 1. The first-order valence-corrected chi connectivity index (χ1v) is 9.01. The zero-order valence-corrected chi connectivity index (χ0v) is 15.1. The minimum absolute atomic E-state index is 0.00388. The summed E-state index contributed by atoms with van der Waals surface area (Å²) in [6.45, 7) is 0. The second-order valence-electron chi connectivity index (χ2n) is 5.62. The Hall–Kier alpha value is -3.49. The number of nitriles is 1. The molecule has 0 aliphatic carbocycles. The number of carbonyl (C=O) groups excluding carboxylic acids is 1. The first kappa shape index (κ1) is 18.3. The van der Waals surface area contributed by atoms with Gasteiger partial charge >= 0.3 is 0 Å². The van der Waals surface area contributed by atoms with Crippen molar-refractivity contribution < 1.29 is 9.90 Å². The summed E-state index contributed by atoms with van der Waals surface area (Å²) in [6.07, 6.45) is 1.58. The van der Waals surface area contributed by atoms with Crippen LogP contribution >= 0.6 is 11.8 Å². The number of benzene rings is 3. The number of hydrogen-bond donors (Lipinski definition) is 2.